The van der Waals surface area contributed by atoms with Gasteiger partial charge in [-0.1, -0.05) is 55.0 Å². The van der Waals surface area contributed by atoms with Gasteiger partial charge in [0.2, 0.25) is 5.91 Å². The number of para-hydroxylation sites is 1. The first kappa shape index (κ1) is 42.6. The summed E-state index contributed by atoms with van der Waals surface area (Å²) in [5.74, 6) is -0.0178. The zero-order valence-electron chi connectivity index (χ0n) is 33.3. The smallest absolute Gasteiger partial charge is 0.412 e. The van der Waals surface area contributed by atoms with Crippen LogP contribution in [0.25, 0.3) is 11.1 Å². The number of amides is 4. The van der Waals surface area contributed by atoms with Crippen molar-refractivity contribution in [2.45, 2.75) is 77.4 Å². The standard InChI is InChI=1S/C43H60N6O6/c1-43(2,3)55-42(54)47(5)28-14-27-45-40(51)34-20-22-35(23-21-34)44-26-13-7-10-19-39(50)46(4)31-32-48-29-24-36(25-30-48)49(41(52)53)38-18-12-11-17-37(38)33-15-8-6-9-16-33/h6,8-9,11-12,15-18,20-23,36,44H,7,10,13-14,19,24-32H2,1-5H3,(H,45,51)(H,52,53). The van der Waals surface area contributed by atoms with Crippen LogP contribution in [-0.4, -0.2) is 115 Å². The van der Waals surface area contributed by atoms with Crippen LogP contribution in [0.15, 0.2) is 78.9 Å². The number of nitrogens with one attached hydrogen (secondary N) is 2. The lowest BCUT2D eigenvalue weighted by Crippen LogP contribution is -2.48. The van der Waals surface area contributed by atoms with Gasteiger partial charge in [-0.2, -0.15) is 0 Å². The maximum absolute atomic E-state index is 12.8. The average molecular weight is 757 g/mol. The van der Waals surface area contributed by atoms with Crippen molar-refractivity contribution in [1.29, 1.82) is 0 Å². The molecule has 0 aliphatic carbocycles. The van der Waals surface area contributed by atoms with E-state index in [0.717, 1.165) is 75.1 Å². The molecule has 3 aromatic rings. The van der Waals surface area contributed by atoms with Gasteiger partial charge in [-0.15, -0.1) is 0 Å². The summed E-state index contributed by atoms with van der Waals surface area (Å²) in [5, 5.41) is 16.5. The summed E-state index contributed by atoms with van der Waals surface area (Å²) in [7, 11) is 3.54. The van der Waals surface area contributed by atoms with E-state index in [0.29, 0.717) is 43.7 Å². The fraction of sp³-hybridized carbons (Fsp3) is 0.488. The Balaban J connectivity index is 1.07. The molecule has 1 fully saturated rings. The van der Waals surface area contributed by atoms with Gasteiger partial charge in [0.05, 0.1) is 5.69 Å². The first-order valence-electron chi connectivity index (χ1n) is 19.5. The first-order chi connectivity index (χ1) is 26.3. The summed E-state index contributed by atoms with van der Waals surface area (Å²) in [6.45, 7) is 10.2. The van der Waals surface area contributed by atoms with Crippen molar-refractivity contribution in [3.8, 4) is 11.1 Å². The molecule has 0 bridgehead atoms. The third kappa shape index (κ3) is 13.9. The predicted molar refractivity (Wildman–Crippen MR) is 219 cm³/mol. The molecule has 55 heavy (non-hydrogen) atoms. The highest BCUT2D eigenvalue weighted by atomic mass is 16.6. The van der Waals surface area contributed by atoms with Crippen LogP contribution < -0.4 is 15.5 Å². The summed E-state index contributed by atoms with van der Waals surface area (Å²) >= 11 is 0. The van der Waals surface area contributed by atoms with Gasteiger partial charge in [0, 0.05) is 89.2 Å². The second kappa shape index (κ2) is 21.1. The van der Waals surface area contributed by atoms with Crippen LogP contribution in [0.5, 0.6) is 0 Å². The van der Waals surface area contributed by atoms with Crippen molar-refractivity contribution in [2.24, 2.45) is 0 Å². The Morgan fingerprint density at radius 1 is 0.800 bits per heavy atom. The number of unbranched alkanes of at least 4 members (excludes halogenated alkanes) is 2. The van der Waals surface area contributed by atoms with E-state index in [-0.39, 0.29) is 23.9 Å². The number of hydrogen-bond donors (Lipinski definition) is 3. The van der Waals surface area contributed by atoms with E-state index < -0.39 is 11.7 Å². The zero-order chi connectivity index (χ0) is 39.8. The minimum atomic E-state index is -0.936. The number of piperidine rings is 1. The van der Waals surface area contributed by atoms with Crippen LogP contribution in [0, 0.1) is 0 Å². The Morgan fingerprint density at radius 2 is 1.47 bits per heavy atom. The number of ether oxygens (including phenoxy) is 1. The quantitative estimate of drug-likeness (QED) is 0.114. The number of likely N-dealkylation sites (tertiary alicyclic amines) is 1. The lowest BCUT2D eigenvalue weighted by atomic mass is 9.98. The van der Waals surface area contributed by atoms with Gasteiger partial charge in [-0.3, -0.25) is 14.5 Å². The molecule has 0 spiro atoms. The Kier molecular flexibility index (Phi) is 16.4. The second-order valence-corrected chi connectivity index (χ2v) is 15.2. The van der Waals surface area contributed by atoms with Crippen LogP contribution >= 0.6 is 0 Å². The summed E-state index contributed by atoms with van der Waals surface area (Å²) < 4.78 is 5.34. The Hall–Kier alpha value is -5.10. The molecule has 0 unspecified atom stereocenters. The fourth-order valence-corrected chi connectivity index (χ4v) is 6.61. The van der Waals surface area contributed by atoms with Crippen LogP contribution in [0.4, 0.5) is 21.0 Å². The maximum Gasteiger partial charge on any atom is 0.412 e. The van der Waals surface area contributed by atoms with Crippen LogP contribution in [0.1, 0.15) is 76.1 Å². The highest BCUT2D eigenvalue weighted by Crippen LogP contribution is 2.34. The zero-order valence-corrected chi connectivity index (χ0v) is 33.3. The highest BCUT2D eigenvalue weighted by Gasteiger charge is 2.30. The molecular formula is C43H60N6O6. The van der Waals surface area contributed by atoms with Crippen LogP contribution in [0.3, 0.4) is 0 Å². The van der Waals surface area contributed by atoms with Crippen molar-refractivity contribution in [3.05, 3.63) is 84.4 Å². The van der Waals surface area contributed by atoms with Crippen LogP contribution in [-0.2, 0) is 9.53 Å². The number of rotatable bonds is 18. The molecule has 3 aromatic carbocycles. The minimum Gasteiger partial charge on any atom is -0.465 e. The lowest BCUT2D eigenvalue weighted by Gasteiger charge is -2.38. The molecule has 0 radical (unpaired) electrons. The van der Waals surface area contributed by atoms with E-state index in [1.54, 1.807) is 24.1 Å². The number of carbonyl (C=O) groups is 4. The third-order valence-electron chi connectivity index (χ3n) is 9.76. The topological polar surface area (TPSA) is 135 Å². The number of carboxylic acid groups (broad SMARTS) is 1. The minimum absolute atomic E-state index is 0.109. The van der Waals surface area contributed by atoms with E-state index in [2.05, 4.69) is 15.5 Å². The van der Waals surface area contributed by atoms with Gasteiger partial charge in [0.15, 0.2) is 0 Å². The van der Waals surface area contributed by atoms with Gasteiger partial charge in [-0.25, -0.2) is 9.59 Å². The highest BCUT2D eigenvalue weighted by molar-refractivity contribution is 5.94. The Labute approximate surface area is 326 Å². The molecule has 1 aliphatic heterocycles. The molecule has 298 valence electrons. The summed E-state index contributed by atoms with van der Waals surface area (Å²) in [4.78, 5) is 57.1. The largest absolute Gasteiger partial charge is 0.465 e. The van der Waals surface area contributed by atoms with Gasteiger partial charge >= 0.3 is 12.2 Å². The second-order valence-electron chi connectivity index (χ2n) is 15.2. The maximum atomic E-state index is 12.8. The molecule has 0 aromatic heterocycles. The fourth-order valence-electron chi connectivity index (χ4n) is 6.61. The molecule has 1 aliphatic rings. The van der Waals surface area contributed by atoms with Crippen molar-refractivity contribution >= 4 is 35.4 Å². The SMILES string of the molecule is CN(CCN1CCC(N(C(=O)O)c2ccccc2-c2ccccc2)CC1)C(=O)CCCCCNc1ccc(C(=O)NCCCN(C)C(=O)OC(C)(C)C)cc1. The summed E-state index contributed by atoms with van der Waals surface area (Å²) in [6.07, 6.45) is 3.95. The molecule has 12 heteroatoms. The van der Waals surface area contributed by atoms with E-state index in [4.69, 9.17) is 4.74 Å². The molecule has 1 heterocycles. The normalized spacial score (nSPS) is 13.5. The van der Waals surface area contributed by atoms with Crippen molar-refractivity contribution in [3.63, 3.8) is 0 Å². The number of nitrogens with zero attached hydrogens (tertiary/aromatic N) is 4. The number of anilines is 2. The molecule has 0 saturated carbocycles. The van der Waals surface area contributed by atoms with Gasteiger partial charge < -0.3 is 35.2 Å². The van der Waals surface area contributed by atoms with E-state index >= 15 is 0 Å². The number of hydrogen-bond acceptors (Lipinski definition) is 7. The van der Waals surface area contributed by atoms with Gasteiger partial charge in [-0.05, 0) is 88.8 Å². The van der Waals surface area contributed by atoms with Gasteiger partial charge in [0.25, 0.3) is 5.91 Å². The Morgan fingerprint density at radius 3 is 2.15 bits per heavy atom. The monoisotopic (exact) mass is 756 g/mol. The van der Waals surface area contributed by atoms with E-state index in [1.807, 2.05) is 99.4 Å². The number of carbonyl (C=O) groups excluding carboxylic acids is 3. The molecular weight excluding hydrogens is 697 g/mol. The predicted octanol–water partition coefficient (Wildman–Crippen LogP) is 7.42. The number of likely N-dealkylation sites (N-methyl/N-ethyl adjacent to an activating group) is 1. The Bertz CT molecular complexity index is 1670. The molecule has 3 N–H and O–H groups in total. The molecule has 1 saturated heterocycles. The number of benzene rings is 3. The average Bonchev–Trinajstić information content (AvgIpc) is 3.17. The molecule has 12 nitrogen and oxygen atoms in total. The van der Waals surface area contributed by atoms with Crippen LogP contribution in [0.2, 0.25) is 0 Å². The third-order valence-corrected chi connectivity index (χ3v) is 9.76. The van der Waals surface area contributed by atoms with E-state index in [1.165, 1.54) is 4.90 Å². The molecule has 0 atom stereocenters. The molecule has 4 amide bonds. The van der Waals surface area contributed by atoms with E-state index in [9.17, 15) is 24.3 Å². The lowest BCUT2D eigenvalue weighted by molar-refractivity contribution is -0.130. The van der Waals surface area contributed by atoms with Gasteiger partial charge in [0.1, 0.15) is 5.60 Å². The first-order valence-corrected chi connectivity index (χ1v) is 19.5. The summed E-state index contributed by atoms with van der Waals surface area (Å²) in [6, 6.07) is 24.8. The van der Waals surface area contributed by atoms with Crippen molar-refractivity contribution in [2.75, 3.05) is 70.1 Å². The summed E-state index contributed by atoms with van der Waals surface area (Å²) in [5.41, 5.74) is 3.58. The van der Waals surface area contributed by atoms with Crippen molar-refractivity contribution < 1.29 is 29.0 Å². The van der Waals surface area contributed by atoms with Crippen molar-refractivity contribution in [1.82, 2.24) is 20.0 Å². The molecule has 4 rings (SSSR count).